The van der Waals surface area contributed by atoms with Gasteiger partial charge in [-0.15, -0.1) is 0 Å². The maximum absolute atomic E-state index is 12.1. The number of hydrogen-bond acceptors (Lipinski definition) is 4. The van der Waals surface area contributed by atoms with Crippen LogP contribution in [0.4, 0.5) is 0 Å². The van der Waals surface area contributed by atoms with E-state index in [9.17, 15) is 19.7 Å². The molecule has 0 fully saturated rings. The van der Waals surface area contributed by atoms with Crippen LogP contribution in [0.2, 0.25) is 0 Å². The van der Waals surface area contributed by atoms with Gasteiger partial charge in [0.1, 0.15) is 11.6 Å². The average Bonchev–Trinajstić information content (AvgIpc) is 2.58. The molecule has 0 bridgehead atoms. The Morgan fingerprint density at radius 2 is 1.40 bits per heavy atom. The molecule has 0 unspecified atom stereocenters. The van der Waals surface area contributed by atoms with Crippen LogP contribution in [0.5, 0.6) is 0 Å². The molecule has 5 nitrogen and oxygen atoms in total. The maximum atomic E-state index is 12.1. The summed E-state index contributed by atoms with van der Waals surface area (Å²) >= 11 is 0. The second-order valence-electron chi connectivity index (χ2n) is 6.18. The van der Waals surface area contributed by atoms with Gasteiger partial charge in [-0.3, -0.25) is 19.7 Å². The molecule has 0 radical (unpaired) electrons. The molecule has 2 atom stereocenters. The monoisotopic (exact) mass is 339 g/mol. The fourth-order valence-corrected chi connectivity index (χ4v) is 3.29. The van der Waals surface area contributed by atoms with E-state index >= 15 is 0 Å². The van der Waals surface area contributed by atoms with Crippen molar-refractivity contribution in [2.45, 2.75) is 32.2 Å². The summed E-state index contributed by atoms with van der Waals surface area (Å²) in [4.78, 5) is 35.8. The van der Waals surface area contributed by atoms with Gasteiger partial charge in [-0.1, -0.05) is 60.7 Å². The van der Waals surface area contributed by atoms with Gasteiger partial charge in [0.2, 0.25) is 6.04 Å². The van der Waals surface area contributed by atoms with Crippen LogP contribution in [0.3, 0.4) is 0 Å². The number of Topliss-reactive ketones (excluding diaryl/α,β-unsaturated/α-hetero) is 2. The lowest BCUT2D eigenvalue weighted by molar-refractivity contribution is -0.527. The Balaban J connectivity index is 2.52. The number of carbonyl (C=O) groups excluding carboxylic acids is 2. The van der Waals surface area contributed by atoms with Crippen molar-refractivity contribution in [1.82, 2.24) is 0 Å². The van der Waals surface area contributed by atoms with Gasteiger partial charge in [0.25, 0.3) is 0 Å². The molecule has 0 saturated heterocycles. The van der Waals surface area contributed by atoms with E-state index in [2.05, 4.69) is 0 Å². The molecular formula is C20H21NO4. The highest BCUT2D eigenvalue weighted by Crippen LogP contribution is 2.33. The second kappa shape index (κ2) is 8.33. The van der Waals surface area contributed by atoms with Crippen molar-refractivity contribution in [2.75, 3.05) is 0 Å². The highest BCUT2D eigenvalue weighted by Gasteiger charge is 2.42. The molecule has 0 saturated carbocycles. The molecular weight excluding hydrogens is 318 g/mol. The largest absolute Gasteiger partial charge is 0.299 e. The Labute approximate surface area is 146 Å². The molecule has 130 valence electrons. The van der Waals surface area contributed by atoms with E-state index in [4.69, 9.17) is 0 Å². The predicted octanol–water partition coefficient (Wildman–Crippen LogP) is 3.45. The van der Waals surface area contributed by atoms with Crippen LogP contribution in [0.1, 0.15) is 30.9 Å². The van der Waals surface area contributed by atoms with Crippen LogP contribution >= 0.6 is 0 Å². The number of nitrogens with zero attached hydrogens (tertiary/aromatic N) is 1. The Morgan fingerprint density at radius 1 is 0.920 bits per heavy atom. The minimum Gasteiger partial charge on any atom is -0.299 e. The number of ketones is 2. The Morgan fingerprint density at radius 3 is 1.84 bits per heavy atom. The molecule has 2 rings (SSSR count). The first-order valence-electron chi connectivity index (χ1n) is 8.15. The molecule has 0 spiro atoms. The maximum Gasteiger partial charge on any atom is 0.225 e. The molecule has 2 aromatic rings. The molecule has 0 aromatic heterocycles. The molecule has 0 heterocycles. The van der Waals surface area contributed by atoms with Gasteiger partial charge in [0.15, 0.2) is 0 Å². The number of nitro groups is 1. The molecule has 0 aliphatic carbocycles. The van der Waals surface area contributed by atoms with Gasteiger partial charge < -0.3 is 0 Å². The van der Waals surface area contributed by atoms with Gasteiger partial charge >= 0.3 is 0 Å². The Hall–Kier alpha value is -2.82. The summed E-state index contributed by atoms with van der Waals surface area (Å²) in [7, 11) is 0. The smallest absolute Gasteiger partial charge is 0.225 e. The quantitative estimate of drug-likeness (QED) is 0.419. The molecule has 0 N–H and O–H groups in total. The van der Waals surface area contributed by atoms with Crippen molar-refractivity contribution < 1.29 is 14.5 Å². The summed E-state index contributed by atoms with van der Waals surface area (Å²) in [6.07, 6.45) is 0.157. The zero-order chi connectivity index (χ0) is 18.4. The minimum absolute atomic E-state index is 0.157. The molecule has 25 heavy (non-hydrogen) atoms. The first-order chi connectivity index (χ1) is 11.9. The summed E-state index contributed by atoms with van der Waals surface area (Å²) in [5.74, 6) is -2.52. The molecule has 0 aliphatic heterocycles. The van der Waals surface area contributed by atoms with Crippen molar-refractivity contribution in [2.24, 2.45) is 5.92 Å². The second-order valence-corrected chi connectivity index (χ2v) is 6.18. The zero-order valence-corrected chi connectivity index (χ0v) is 14.3. The molecule has 2 aromatic carbocycles. The van der Waals surface area contributed by atoms with Crippen LogP contribution in [0.15, 0.2) is 60.7 Å². The third kappa shape index (κ3) is 4.59. The standard InChI is InChI=1S/C20H21NO4/c1-14(22)19(15(2)23)20(17-11-7-4-8-12-17)18(21(24)25)13-16-9-5-3-6-10-16/h3-12,18-20H,13H2,1-2H3/t18-,20-/m1/s1. The number of carbonyl (C=O) groups is 2. The number of hydrogen-bond donors (Lipinski definition) is 0. The minimum atomic E-state index is -1.07. The Kier molecular flexibility index (Phi) is 6.17. The van der Waals surface area contributed by atoms with Gasteiger partial charge in [0.05, 0.1) is 11.8 Å². The number of rotatable bonds is 8. The van der Waals surface area contributed by atoms with E-state index in [-0.39, 0.29) is 22.9 Å². The van der Waals surface area contributed by atoms with Crippen LogP contribution < -0.4 is 0 Å². The van der Waals surface area contributed by atoms with E-state index in [0.717, 1.165) is 5.56 Å². The van der Waals surface area contributed by atoms with Crippen molar-refractivity contribution in [3.63, 3.8) is 0 Å². The van der Waals surface area contributed by atoms with E-state index in [1.807, 2.05) is 30.3 Å². The molecule has 5 heteroatoms. The van der Waals surface area contributed by atoms with E-state index < -0.39 is 17.9 Å². The van der Waals surface area contributed by atoms with E-state index in [0.29, 0.717) is 5.56 Å². The Bertz CT molecular complexity index is 729. The fraction of sp³-hybridized carbons (Fsp3) is 0.300. The van der Waals surface area contributed by atoms with Crippen molar-refractivity contribution in [3.8, 4) is 0 Å². The lowest BCUT2D eigenvalue weighted by Crippen LogP contribution is -2.39. The van der Waals surface area contributed by atoms with Crippen LogP contribution in [0, 0.1) is 16.0 Å². The first-order valence-corrected chi connectivity index (χ1v) is 8.15. The highest BCUT2D eigenvalue weighted by molar-refractivity contribution is 6.01. The van der Waals surface area contributed by atoms with E-state index in [1.54, 1.807) is 30.3 Å². The molecule has 0 aliphatic rings. The normalized spacial score (nSPS) is 13.2. The third-order valence-corrected chi connectivity index (χ3v) is 4.39. The topological polar surface area (TPSA) is 77.3 Å². The fourth-order valence-electron chi connectivity index (χ4n) is 3.29. The lowest BCUT2D eigenvalue weighted by atomic mass is 9.75. The van der Waals surface area contributed by atoms with Gasteiger partial charge in [0, 0.05) is 11.3 Å². The van der Waals surface area contributed by atoms with Gasteiger partial charge in [-0.05, 0) is 25.0 Å². The molecule has 0 amide bonds. The van der Waals surface area contributed by atoms with Crippen LogP contribution in [-0.4, -0.2) is 22.5 Å². The van der Waals surface area contributed by atoms with Crippen molar-refractivity contribution in [1.29, 1.82) is 0 Å². The van der Waals surface area contributed by atoms with Crippen molar-refractivity contribution >= 4 is 11.6 Å². The van der Waals surface area contributed by atoms with Crippen LogP contribution in [-0.2, 0) is 16.0 Å². The lowest BCUT2D eigenvalue weighted by Gasteiger charge is -2.26. The average molecular weight is 339 g/mol. The van der Waals surface area contributed by atoms with Gasteiger partial charge in [-0.2, -0.15) is 0 Å². The highest BCUT2D eigenvalue weighted by atomic mass is 16.6. The first kappa shape index (κ1) is 18.5. The summed E-state index contributed by atoms with van der Waals surface area (Å²) in [5.41, 5.74) is 1.44. The van der Waals surface area contributed by atoms with E-state index in [1.165, 1.54) is 13.8 Å². The summed E-state index contributed by atoms with van der Waals surface area (Å²) in [5, 5.41) is 11.9. The van der Waals surface area contributed by atoms with Crippen LogP contribution in [0.25, 0.3) is 0 Å². The summed E-state index contributed by atoms with van der Waals surface area (Å²) in [6.45, 7) is 2.64. The van der Waals surface area contributed by atoms with Crippen molar-refractivity contribution in [3.05, 3.63) is 81.9 Å². The van der Waals surface area contributed by atoms with Gasteiger partial charge in [-0.25, -0.2) is 0 Å². The third-order valence-electron chi connectivity index (χ3n) is 4.39. The summed E-state index contributed by atoms with van der Waals surface area (Å²) in [6, 6.07) is 16.8. The predicted molar refractivity (Wildman–Crippen MR) is 95.0 cm³/mol. The zero-order valence-electron chi connectivity index (χ0n) is 14.3. The summed E-state index contributed by atoms with van der Waals surface area (Å²) < 4.78 is 0. The number of benzene rings is 2. The SMILES string of the molecule is CC(=O)C(C(C)=O)[C@H](c1ccccc1)[C@@H](Cc1ccccc1)[N+](=O)[O-].